The molecular weight excluding hydrogens is 513 g/mol. The number of nitrogens with zero attached hydrogens (tertiary/aromatic N) is 4. The highest BCUT2D eigenvalue weighted by molar-refractivity contribution is 7.80. The lowest BCUT2D eigenvalue weighted by atomic mass is 9.91. The van der Waals surface area contributed by atoms with Crippen LogP contribution in [0.25, 0.3) is 16.9 Å². The fourth-order valence-electron chi connectivity index (χ4n) is 4.38. The Morgan fingerprint density at radius 2 is 1.89 bits per heavy atom. The van der Waals surface area contributed by atoms with Gasteiger partial charge < -0.3 is 10.1 Å². The van der Waals surface area contributed by atoms with Gasteiger partial charge in [-0.15, -0.1) is 18.3 Å². The molecule has 4 aromatic rings. The van der Waals surface area contributed by atoms with E-state index in [9.17, 15) is 13.2 Å². The molecule has 38 heavy (non-hydrogen) atoms. The number of aromatic nitrogens is 3. The Labute approximate surface area is 222 Å². The summed E-state index contributed by atoms with van der Waals surface area (Å²) in [5.74, 6) is -0.286. The van der Waals surface area contributed by atoms with Gasteiger partial charge in [-0.3, -0.25) is 5.43 Å². The Hall–Kier alpha value is -4.25. The van der Waals surface area contributed by atoms with E-state index in [1.165, 1.54) is 29.8 Å². The van der Waals surface area contributed by atoms with Crippen LogP contribution in [-0.2, 0) is 19.3 Å². The number of halogens is 3. The summed E-state index contributed by atoms with van der Waals surface area (Å²) in [6, 6.07) is 19.5. The van der Waals surface area contributed by atoms with Crippen LogP contribution in [0.15, 0.2) is 71.8 Å². The third-order valence-electron chi connectivity index (χ3n) is 6.12. The molecule has 0 saturated carbocycles. The Morgan fingerprint density at radius 1 is 1.11 bits per heavy atom. The van der Waals surface area contributed by atoms with Crippen molar-refractivity contribution in [2.75, 3.05) is 5.32 Å². The van der Waals surface area contributed by atoms with Crippen LogP contribution in [0, 0.1) is 0 Å². The molecule has 0 bridgehead atoms. The lowest BCUT2D eigenvalue weighted by Gasteiger charge is -2.17. The van der Waals surface area contributed by atoms with Crippen molar-refractivity contribution in [3.05, 3.63) is 89.1 Å². The molecule has 0 unspecified atom stereocenters. The fourth-order valence-corrected chi connectivity index (χ4v) is 4.55. The second-order valence-corrected chi connectivity index (χ2v) is 9.00. The molecule has 0 saturated heterocycles. The number of hydrazone groups is 1. The Bertz CT molecular complexity index is 1500. The zero-order valence-corrected chi connectivity index (χ0v) is 21.1. The minimum atomic E-state index is -4.74. The van der Waals surface area contributed by atoms with Crippen molar-refractivity contribution < 1.29 is 17.9 Å². The number of para-hydroxylation sites is 1. The summed E-state index contributed by atoms with van der Waals surface area (Å²) in [5, 5.41) is 16.5. The maximum absolute atomic E-state index is 12.4. The molecule has 2 N–H and O–H groups in total. The smallest absolute Gasteiger partial charge is 0.406 e. The van der Waals surface area contributed by atoms with Gasteiger partial charge in [-0.05, 0) is 84.6 Å². The molecule has 1 aromatic heterocycles. The second-order valence-electron chi connectivity index (χ2n) is 8.59. The predicted octanol–water partition coefficient (Wildman–Crippen LogP) is 5.81. The van der Waals surface area contributed by atoms with Gasteiger partial charge in [0.1, 0.15) is 11.4 Å². The fraction of sp³-hybridized carbons (Fsp3) is 0.185. The lowest BCUT2D eigenvalue weighted by molar-refractivity contribution is -0.274. The van der Waals surface area contributed by atoms with Crippen molar-refractivity contribution >= 4 is 29.2 Å². The summed E-state index contributed by atoms with van der Waals surface area (Å²) in [6.45, 7) is 2.09. The largest absolute Gasteiger partial charge is 0.573 e. The highest BCUT2D eigenvalue weighted by Crippen LogP contribution is 2.33. The molecule has 0 atom stereocenters. The zero-order valence-electron chi connectivity index (χ0n) is 20.3. The molecule has 3 aromatic carbocycles. The summed E-state index contributed by atoms with van der Waals surface area (Å²) >= 11 is 5.36. The van der Waals surface area contributed by atoms with Gasteiger partial charge in [0.05, 0.1) is 17.6 Å². The minimum Gasteiger partial charge on any atom is -0.406 e. The number of thiocarbonyl (C=S) groups is 1. The average Bonchev–Trinajstić information content (AvgIpc) is 3.33. The first-order chi connectivity index (χ1) is 18.3. The molecule has 194 valence electrons. The van der Waals surface area contributed by atoms with E-state index in [4.69, 9.17) is 12.2 Å². The SMILES string of the molecule is CCc1ccccc1NC(=S)N/N=C/c1ccc2c(c1)CCc1c-2nnn1-c1ccc(OC(F)(F)F)cc1. The van der Waals surface area contributed by atoms with Crippen LogP contribution in [0.1, 0.15) is 29.3 Å². The molecule has 11 heteroatoms. The molecule has 0 amide bonds. The predicted molar refractivity (Wildman–Crippen MR) is 144 cm³/mol. The van der Waals surface area contributed by atoms with Gasteiger partial charge in [0.15, 0.2) is 5.11 Å². The van der Waals surface area contributed by atoms with E-state index >= 15 is 0 Å². The Morgan fingerprint density at radius 3 is 2.66 bits per heavy atom. The molecule has 1 aliphatic carbocycles. The number of anilines is 1. The van der Waals surface area contributed by atoms with Crippen LogP contribution in [-0.4, -0.2) is 32.7 Å². The first-order valence-electron chi connectivity index (χ1n) is 11.9. The number of rotatable bonds is 6. The molecule has 0 radical (unpaired) electrons. The molecule has 1 aliphatic rings. The molecule has 5 rings (SSSR count). The van der Waals surface area contributed by atoms with Gasteiger partial charge in [-0.25, -0.2) is 4.68 Å². The monoisotopic (exact) mass is 536 g/mol. The summed E-state index contributed by atoms with van der Waals surface area (Å²) < 4.78 is 43.0. The number of fused-ring (bicyclic) bond motifs is 3. The number of hydrogen-bond acceptors (Lipinski definition) is 5. The lowest BCUT2D eigenvalue weighted by Crippen LogP contribution is -2.24. The quantitative estimate of drug-likeness (QED) is 0.184. The number of alkyl halides is 3. The van der Waals surface area contributed by atoms with E-state index < -0.39 is 6.36 Å². The van der Waals surface area contributed by atoms with E-state index in [0.717, 1.165) is 46.6 Å². The van der Waals surface area contributed by atoms with Crippen molar-refractivity contribution in [1.82, 2.24) is 20.4 Å². The van der Waals surface area contributed by atoms with Crippen molar-refractivity contribution in [2.24, 2.45) is 5.10 Å². The van der Waals surface area contributed by atoms with Gasteiger partial charge >= 0.3 is 6.36 Å². The molecule has 0 aliphatic heterocycles. The first kappa shape index (κ1) is 25.4. The maximum Gasteiger partial charge on any atom is 0.573 e. The zero-order chi connectivity index (χ0) is 26.7. The molecule has 0 spiro atoms. The Balaban J connectivity index is 1.27. The van der Waals surface area contributed by atoms with Crippen LogP contribution in [0.5, 0.6) is 5.75 Å². The molecular formula is C27H23F3N6OS. The van der Waals surface area contributed by atoms with Crippen molar-refractivity contribution in [3.63, 3.8) is 0 Å². The highest BCUT2D eigenvalue weighted by atomic mass is 32.1. The minimum absolute atomic E-state index is 0.286. The normalized spacial score (nSPS) is 12.6. The molecule has 0 fully saturated rings. The second kappa shape index (κ2) is 10.6. The molecule has 7 nitrogen and oxygen atoms in total. The summed E-state index contributed by atoms with van der Waals surface area (Å²) in [7, 11) is 0. The van der Waals surface area contributed by atoms with Gasteiger partial charge in [0, 0.05) is 11.3 Å². The summed E-state index contributed by atoms with van der Waals surface area (Å²) in [5.41, 5.74) is 10.2. The first-order valence-corrected chi connectivity index (χ1v) is 12.3. The van der Waals surface area contributed by atoms with Gasteiger partial charge in [-0.2, -0.15) is 5.10 Å². The number of hydrogen-bond donors (Lipinski definition) is 2. The van der Waals surface area contributed by atoms with Crippen molar-refractivity contribution in [3.8, 4) is 22.7 Å². The van der Waals surface area contributed by atoms with Crippen LogP contribution in [0.4, 0.5) is 18.9 Å². The van der Waals surface area contributed by atoms with Crippen LogP contribution >= 0.6 is 12.2 Å². The standard InChI is InChI=1S/C27H23F3N6OS/c1-2-18-5-3-4-6-23(18)32-26(38)34-31-16-17-7-13-22-19(15-17)8-14-24-25(22)33-35-36(24)20-9-11-21(12-10-20)37-27(28,29)30/h3-7,9-13,15-16H,2,8,14H2,1H3,(H2,32,34,38)/b31-16+. The Kier molecular flexibility index (Phi) is 7.10. The van der Waals surface area contributed by atoms with E-state index in [2.05, 4.69) is 49.9 Å². The van der Waals surface area contributed by atoms with Crippen molar-refractivity contribution in [2.45, 2.75) is 32.5 Å². The topological polar surface area (TPSA) is 76.4 Å². The highest BCUT2D eigenvalue weighted by Gasteiger charge is 2.31. The van der Waals surface area contributed by atoms with Crippen LogP contribution in [0.2, 0.25) is 0 Å². The van der Waals surface area contributed by atoms with Crippen LogP contribution in [0.3, 0.4) is 0 Å². The number of aryl methyl sites for hydroxylation is 2. The number of benzene rings is 3. The van der Waals surface area contributed by atoms with Crippen LogP contribution < -0.4 is 15.5 Å². The van der Waals surface area contributed by atoms with E-state index in [-0.39, 0.29) is 5.75 Å². The molecule has 1 heterocycles. The summed E-state index contributed by atoms with van der Waals surface area (Å²) in [4.78, 5) is 0. The number of ether oxygens (including phenoxy) is 1. The van der Waals surface area contributed by atoms with Gasteiger partial charge in [0.25, 0.3) is 0 Å². The summed E-state index contributed by atoms with van der Waals surface area (Å²) in [6.07, 6.45) is -0.700. The van der Waals surface area contributed by atoms with Crippen molar-refractivity contribution in [1.29, 1.82) is 0 Å². The van der Waals surface area contributed by atoms with E-state index in [1.807, 2.05) is 30.3 Å². The maximum atomic E-state index is 12.4. The third kappa shape index (κ3) is 5.67. The van der Waals surface area contributed by atoms with E-state index in [1.54, 1.807) is 10.9 Å². The third-order valence-corrected chi connectivity index (χ3v) is 6.31. The van der Waals surface area contributed by atoms with Gasteiger partial charge in [0.2, 0.25) is 0 Å². The number of nitrogens with one attached hydrogen (secondary N) is 2. The van der Waals surface area contributed by atoms with Gasteiger partial charge in [-0.1, -0.05) is 42.5 Å². The average molecular weight is 537 g/mol. The van der Waals surface area contributed by atoms with E-state index in [0.29, 0.717) is 17.2 Å².